The summed E-state index contributed by atoms with van der Waals surface area (Å²) in [5, 5.41) is 8.48. The monoisotopic (exact) mass is 276 g/mol. The molecular weight excluding hydrogens is 244 g/mol. The molecule has 0 aromatic carbocycles. The van der Waals surface area contributed by atoms with Crippen molar-refractivity contribution in [3.05, 3.63) is 24.0 Å². The summed E-state index contributed by atoms with van der Waals surface area (Å²) < 4.78 is 0. The molecule has 0 spiro atoms. The summed E-state index contributed by atoms with van der Waals surface area (Å²) in [4.78, 5) is 0. The highest BCUT2D eigenvalue weighted by Crippen LogP contribution is 2.33. The molecule has 0 aliphatic rings. The summed E-state index contributed by atoms with van der Waals surface area (Å²) >= 11 is 0. The molecule has 0 N–H and O–H groups in total. The Morgan fingerprint density at radius 3 is 2.10 bits per heavy atom. The lowest BCUT2D eigenvalue weighted by molar-refractivity contribution is 0.353. The zero-order chi connectivity index (χ0) is 14.7. The Morgan fingerprint density at radius 1 is 0.900 bits per heavy atom. The van der Waals surface area contributed by atoms with Gasteiger partial charge in [-0.2, -0.15) is 10.2 Å². The molecule has 1 unspecified atom stereocenters. The van der Waals surface area contributed by atoms with Crippen LogP contribution in [0.3, 0.4) is 0 Å². The first kappa shape index (κ1) is 17.1. The minimum Gasteiger partial charge on any atom is -0.159 e. The molecular formula is C18H32N2. The van der Waals surface area contributed by atoms with Gasteiger partial charge >= 0.3 is 0 Å². The topological polar surface area (TPSA) is 25.8 Å². The fourth-order valence-electron chi connectivity index (χ4n) is 2.89. The van der Waals surface area contributed by atoms with Crippen molar-refractivity contribution in [2.24, 2.45) is 0 Å². The lowest BCUT2D eigenvalue weighted by Gasteiger charge is -2.29. The van der Waals surface area contributed by atoms with Crippen LogP contribution >= 0.6 is 0 Å². The van der Waals surface area contributed by atoms with Gasteiger partial charge in [0.2, 0.25) is 0 Å². The molecule has 1 heterocycles. The van der Waals surface area contributed by atoms with Gasteiger partial charge in [0, 0.05) is 11.6 Å². The fraction of sp³-hybridized carbons (Fsp3) is 0.778. The van der Waals surface area contributed by atoms with E-state index in [0.29, 0.717) is 0 Å². The number of hydrogen-bond donors (Lipinski definition) is 0. The van der Waals surface area contributed by atoms with Crippen LogP contribution in [0.2, 0.25) is 0 Å². The van der Waals surface area contributed by atoms with Crippen LogP contribution in [-0.4, -0.2) is 10.2 Å². The minimum atomic E-state index is 0.218. The second kappa shape index (κ2) is 9.90. The molecule has 0 saturated carbocycles. The van der Waals surface area contributed by atoms with Crippen LogP contribution in [0, 0.1) is 0 Å². The molecule has 1 rings (SSSR count). The quantitative estimate of drug-likeness (QED) is 0.486. The maximum atomic E-state index is 4.39. The lowest BCUT2D eigenvalue weighted by atomic mass is 9.77. The zero-order valence-corrected chi connectivity index (χ0v) is 13.7. The van der Waals surface area contributed by atoms with Gasteiger partial charge in [0.1, 0.15) is 0 Å². The van der Waals surface area contributed by atoms with Gasteiger partial charge in [-0.1, -0.05) is 72.1 Å². The molecule has 0 aliphatic carbocycles. The minimum absolute atomic E-state index is 0.218. The molecule has 20 heavy (non-hydrogen) atoms. The Balaban J connectivity index is 2.55. The third-order valence-corrected chi connectivity index (χ3v) is 4.35. The van der Waals surface area contributed by atoms with Gasteiger partial charge in [-0.05, 0) is 25.0 Å². The SMILES string of the molecule is CCCCCCCC(C)(CCCCC)c1cccnn1. The third-order valence-electron chi connectivity index (χ3n) is 4.35. The van der Waals surface area contributed by atoms with Gasteiger partial charge in [0.15, 0.2) is 0 Å². The smallest absolute Gasteiger partial charge is 0.0689 e. The van der Waals surface area contributed by atoms with Crippen LogP contribution < -0.4 is 0 Å². The number of hydrogen-bond acceptors (Lipinski definition) is 2. The molecule has 114 valence electrons. The van der Waals surface area contributed by atoms with Crippen LogP contribution in [0.5, 0.6) is 0 Å². The van der Waals surface area contributed by atoms with E-state index < -0.39 is 0 Å². The van der Waals surface area contributed by atoms with Crippen molar-refractivity contribution in [2.45, 2.75) is 90.4 Å². The number of aromatic nitrogens is 2. The maximum absolute atomic E-state index is 4.39. The Labute approximate surface area is 125 Å². The van der Waals surface area contributed by atoms with Crippen molar-refractivity contribution in [1.29, 1.82) is 0 Å². The second-order valence-corrected chi connectivity index (χ2v) is 6.29. The molecule has 0 bridgehead atoms. The van der Waals surface area contributed by atoms with Gasteiger partial charge in [0.25, 0.3) is 0 Å². The average Bonchev–Trinajstić information content (AvgIpc) is 2.48. The molecule has 0 saturated heterocycles. The first-order valence-electron chi connectivity index (χ1n) is 8.51. The number of unbranched alkanes of at least 4 members (excludes halogenated alkanes) is 6. The van der Waals surface area contributed by atoms with E-state index in [-0.39, 0.29) is 5.41 Å². The van der Waals surface area contributed by atoms with E-state index in [2.05, 4.69) is 37.0 Å². The van der Waals surface area contributed by atoms with E-state index in [1.807, 2.05) is 6.07 Å². The average molecular weight is 276 g/mol. The standard InChI is InChI=1S/C18H32N2/c1-4-6-8-9-11-15-18(3,14-10-7-5-2)17-13-12-16-19-20-17/h12-13,16H,4-11,14-15H2,1-3H3. The summed E-state index contributed by atoms with van der Waals surface area (Å²) in [6.07, 6.45) is 14.9. The molecule has 0 amide bonds. The van der Waals surface area contributed by atoms with E-state index in [4.69, 9.17) is 0 Å². The highest BCUT2D eigenvalue weighted by Gasteiger charge is 2.27. The molecule has 1 aromatic rings. The first-order chi connectivity index (χ1) is 9.73. The molecule has 2 nitrogen and oxygen atoms in total. The predicted octanol–water partition coefficient (Wildman–Crippen LogP) is 5.68. The summed E-state index contributed by atoms with van der Waals surface area (Å²) in [7, 11) is 0. The van der Waals surface area contributed by atoms with Gasteiger partial charge in [-0.3, -0.25) is 0 Å². The summed E-state index contributed by atoms with van der Waals surface area (Å²) in [5.41, 5.74) is 1.40. The highest BCUT2D eigenvalue weighted by atomic mass is 15.1. The van der Waals surface area contributed by atoms with Crippen LogP contribution in [0.15, 0.2) is 18.3 Å². The Hall–Kier alpha value is -0.920. The highest BCUT2D eigenvalue weighted by molar-refractivity contribution is 5.13. The van der Waals surface area contributed by atoms with Crippen molar-refractivity contribution in [3.63, 3.8) is 0 Å². The van der Waals surface area contributed by atoms with E-state index in [9.17, 15) is 0 Å². The summed E-state index contributed by atoms with van der Waals surface area (Å²) in [6, 6.07) is 4.18. The van der Waals surface area contributed by atoms with Crippen molar-refractivity contribution >= 4 is 0 Å². The molecule has 0 aliphatic heterocycles. The van der Waals surface area contributed by atoms with E-state index in [1.54, 1.807) is 6.20 Å². The van der Waals surface area contributed by atoms with Gasteiger partial charge in [-0.15, -0.1) is 0 Å². The Bertz CT molecular complexity index is 337. The largest absolute Gasteiger partial charge is 0.159 e. The summed E-state index contributed by atoms with van der Waals surface area (Å²) in [5.74, 6) is 0. The number of rotatable bonds is 11. The normalized spacial score (nSPS) is 14.2. The van der Waals surface area contributed by atoms with Crippen molar-refractivity contribution in [1.82, 2.24) is 10.2 Å². The van der Waals surface area contributed by atoms with Crippen molar-refractivity contribution in [2.75, 3.05) is 0 Å². The Kier molecular flexibility index (Phi) is 8.48. The zero-order valence-electron chi connectivity index (χ0n) is 13.7. The van der Waals surface area contributed by atoms with E-state index >= 15 is 0 Å². The first-order valence-corrected chi connectivity index (χ1v) is 8.51. The fourth-order valence-corrected chi connectivity index (χ4v) is 2.89. The maximum Gasteiger partial charge on any atom is 0.0689 e. The van der Waals surface area contributed by atoms with Crippen LogP contribution in [0.4, 0.5) is 0 Å². The number of nitrogens with zero attached hydrogens (tertiary/aromatic N) is 2. The van der Waals surface area contributed by atoms with Crippen LogP contribution in [-0.2, 0) is 5.41 Å². The van der Waals surface area contributed by atoms with Gasteiger partial charge < -0.3 is 0 Å². The lowest BCUT2D eigenvalue weighted by Crippen LogP contribution is -2.24. The van der Waals surface area contributed by atoms with Gasteiger partial charge in [-0.25, -0.2) is 0 Å². The van der Waals surface area contributed by atoms with E-state index in [0.717, 1.165) is 0 Å². The second-order valence-electron chi connectivity index (χ2n) is 6.29. The predicted molar refractivity (Wildman–Crippen MR) is 86.9 cm³/mol. The van der Waals surface area contributed by atoms with Crippen LogP contribution in [0.1, 0.15) is 90.7 Å². The van der Waals surface area contributed by atoms with Crippen molar-refractivity contribution in [3.8, 4) is 0 Å². The molecule has 0 fully saturated rings. The third kappa shape index (κ3) is 6.02. The van der Waals surface area contributed by atoms with Gasteiger partial charge in [0.05, 0.1) is 5.69 Å². The van der Waals surface area contributed by atoms with E-state index in [1.165, 1.54) is 69.9 Å². The molecule has 2 heteroatoms. The summed E-state index contributed by atoms with van der Waals surface area (Å²) in [6.45, 7) is 6.92. The molecule has 1 aromatic heterocycles. The molecule has 1 atom stereocenters. The van der Waals surface area contributed by atoms with Crippen molar-refractivity contribution < 1.29 is 0 Å². The molecule has 0 radical (unpaired) electrons. The van der Waals surface area contributed by atoms with Crippen LogP contribution in [0.25, 0.3) is 0 Å². The Morgan fingerprint density at radius 2 is 1.50 bits per heavy atom.